The lowest BCUT2D eigenvalue weighted by Crippen LogP contribution is -2.09. The molecule has 0 aromatic carbocycles. The summed E-state index contributed by atoms with van der Waals surface area (Å²) in [6.45, 7) is -0.383. The van der Waals surface area contributed by atoms with E-state index < -0.39 is 5.97 Å². The molecule has 1 heterocycles. The highest BCUT2D eigenvalue weighted by Crippen LogP contribution is 2.03. The smallest absolute Gasteiger partial charge is 0.341 e. The molecule has 1 aromatic heterocycles. The van der Waals surface area contributed by atoms with Gasteiger partial charge in [-0.25, -0.2) is 9.78 Å². The van der Waals surface area contributed by atoms with Gasteiger partial charge in [0.15, 0.2) is 17.1 Å². The van der Waals surface area contributed by atoms with Crippen molar-refractivity contribution < 1.29 is 14.6 Å². The average Bonchev–Trinajstić information content (AvgIpc) is 2.03. The standard InChI is InChI=1S/C6H6N2O3S/c9-5(10)3-11-4-1-7-6(12)8-2-4/h1-2H,3H2,(H,9,10)(H,7,8,12). The molecular weight excluding hydrogens is 180 g/mol. The van der Waals surface area contributed by atoms with Crippen molar-refractivity contribution >= 4 is 18.2 Å². The highest BCUT2D eigenvalue weighted by Gasteiger charge is 1.97. The van der Waals surface area contributed by atoms with Crippen LogP contribution in [0.25, 0.3) is 0 Å². The molecule has 0 aliphatic carbocycles. The van der Waals surface area contributed by atoms with Gasteiger partial charge in [0.1, 0.15) is 0 Å². The second-order valence-corrected chi connectivity index (χ2v) is 2.32. The molecule has 0 saturated heterocycles. The average molecular weight is 186 g/mol. The topological polar surface area (TPSA) is 75.2 Å². The summed E-state index contributed by atoms with van der Waals surface area (Å²) in [6, 6.07) is 0. The Morgan fingerprint density at radius 2 is 2.58 bits per heavy atom. The van der Waals surface area contributed by atoms with E-state index in [0.717, 1.165) is 0 Å². The van der Waals surface area contributed by atoms with Gasteiger partial charge in [0.25, 0.3) is 0 Å². The molecule has 5 nitrogen and oxygen atoms in total. The van der Waals surface area contributed by atoms with Crippen LogP contribution < -0.4 is 4.74 Å². The van der Waals surface area contributed by atoms with Gasteiger partial charge in [0, 0.05) is 6.20 Å². The van der Waals surface area contributed by atoms with Crippen molar-refractivity contribution in [1.82, 2.24) is 9.97 Å². The fourth-order valence-electron chi connectivity index (χ4n) is 0.554. The van der Waals surface area contributed by atoms with Gasteiger partial charge in [-0.3, -0.25) is 0 Å². The Labute approximate surface area is 73.0 Å². The fraction of sp³-hybridized carbons (Fsp3) is 0.167. The molecule has 0 fully saturated rings. The van der Waals surface area contributed by atoms with Gasteiger partial charge in [0.05, 0.1) is 6.20 Å². The first-order valence-corrected chi connectivity index (χ1v) is 3.48. The van der Waals surface area contributed by atoms with Gasteiger partial charge >= 0.3 is 5.97 Å². The van der Waals surface area contributed by atoms with E-state index in [1.54, 1.807) is 0 Å². The number of ether oxygens (including phenoxy) is 1. The van der Waals surface area contributed by atoms with Crippen molar-refractivity contribution in [2.24, 2.45) is 0 Å². The molecule has 0 radical (unpaired) electrons. The van der Waals surface area contributed by atoms with Crippen molar-refractivity contribution in [2.45, 2.75) is 0 Å². The number of carbonyl (C=O) groups is 1. The molecule has 0 saturated carbocycles. The number of H-pyrrole nitrogens is 1. The third kappa shape index (κ3) is 2.67. The molecule has 0 spiro atoms. The largest absolute Gasteiger partial charge is 0.479 e. The molecule has 0 bridgehead atoms. The van der Waals surface area contributed by atoms with Crippen molar-refractivity contribution in [3.63, 3.8) is 0 Å². The van der Waals surface area contributed by atoms with E-state index in [2.05, 4.69) is 22.2 Å². The third-order valence-corrected chi connectivity index (χ3v) is 1.23. The molecule has 0 aliphatic rings. The SMILES string of the molecule is O=C(O)COc1cnc(=S)[nH]c1. The zero-order chi connectivity index (χ0) is 8.97. The monoisotopic (exact) mass is 186 g/mol. The Morgan fingerprint density at radius 3 is 3.08 bits per heavy atom. The van der Waals surface area contributed by atoms with Crippen molar-refractivity contribution in [1.29, 1.82) is 0 Å². The Bertz CT molecular complexity index is 315. The first-order valence-electron chi connectivity index (χ1n) is 3.08. The van der Waals surface area contributed by atoms with Gasteiger partial charge < -0.3 is 14.8 Å². The van der Waals surface area contributed by atoms with Crippen molar-refractivity contribution in [3.05, 3.63) is 17.2 Å². The van der Waals surface area contributed by atoms with Gasteiger partial charge in [-0.05, 0) is 12.2 Å². The maximum atomic E-state index is 10.1. The van der Waals surface area contributed by atoms with Crippen LogP contribution in [0.5, 0.6) is 5.75 Å². The van der Waals surface area contributed by atoms with E-state index in [1.807, 2.05) is 0 Å². The van der Waals surface area contributed by atoms with E-state index in [1.165, 1.54) is 12.4 Å². The quantitative estimate of drug-likeness (QED) is 0.676. The van der Waals surface area contributed by atoms with Crippen LogP contribution in [0.15, 0.2) is 12.4 Å². The molecule has 12 heavy (non-hydrogen) atoms. The van der Waals surface area contributed by atoms with E-state index in [9.17, 15) is 4.79 Å². The normalized spacial score (nSPS) is 9.33. The maximum Gasteiger partial charge on any atom is 0.341 e. The lowest BCUT2D eigenvalue weighted by atomic mass is 10.6. The molecule has 1 rings (SSSR count). The number of hydrogen-bond donors (Lipinski definition) is 2. The first-order chi connectivity index (χ1) is 5.68. The summed E-state index contributed by atoms with van der Waals surface area (Å²) in [4.78, 5) is 16.4. The lowest BCUT2D eigenvalue weighted by molar-refractivity contribution is -0.139. The number of rotatable bonds is 3. The van der Waals surface area contributed by atoms with Crippen LogP contribution in [0.1, 0.15) is 0 Å². The molecule has 6 heteroatoms. The molecule has 2 N–H and O–H groups in total. The number of carboxylic acid groups (broad SMARTS) is 1. The highest BCUT2D eigenvalue weighted by molar-refractivity contribution is 7.71. The minimum absolute atomic E-state index is 0.331. The van der Waals surface area contributed by atoms with Crippen LogP contribution in [-0.4, -0.2) is 27.7 Å². The molecule has 0 unspecified atom stereocenters. The molecular formula is C6H6N2O3S. The second kappa shape index (κ2) is 3.82. The van der Waals surface area contributed by atoms with E-state index in [-0.39, 0.29) is 6.61 Å². The number of aromatic amines is 1. The lowest BCUT2D eigenvalue weighted by Gasteiger charge is -1.99. The Hall–Kier alpha value is -1.43. The minimum atomic E-state index is -1.03. The van der Waals surface area contributed by atoms with E-state index >= 15 is 0 Å². The van der Waals surface area contributed by atoms with Crippen LogP contribution in [0.2, 0.25) is 0 Å². The fourth-order valence-corrected chi connectivity index (χ4v) is 0.665. The Morgan fingerprint density at radius 1 is 1.83 bits per heavy atom. The number of nitrogens with one attached hydrogen (secondary N) is 1. The van der Waals surface area contributed by atoms with Gasteiger partial charge in [-0.1, -0.05) is 0 Å². The van der Waals surface area contributed by atoms with Gasteiger partial charge in [-0.15, -0.1) is 0 Å². The van der Waals surface area contributed by atoms with Crippen LogP contribution in [0, 0.1) is 4.77 Å². The van der Waals surface area contributed by atoms with E-state index in [4.69, 9.17) is 9.84 Å². The summed E-state index contributed by atoms with van der Waals surface area (Å²) in [7, 11) is 0. The van der Waals surface area contributed by atoms with Gasteiger partial charge in [0.2, 0.25) is 0 Å². The number of hydrogen-bond acceptors (Lipinski definition) is 4. The molecule has 64 valence electrons. The summed E-state index contributed by atoms with van der Waals surface area (Å²) in [6.07, 6.45) is 2.82. The Kier molecular flexibility index (Phi) is 2.76. The van der Waals surface area contributed by atoms with Crippen LogP contribution in [0.4, 0.5) is 0 Å². The maximum absolute atomic E-state index is 10.1. The summed E-state index contributed by atoms with van der Waals surface area (Å²) < 4.78 is 5.11. The number of aliphatic carboxylic acids is 1. The van der Waals surface area contributed by atoms with Crippen LogP contribution >= 0.6 is 12.2 Å². The molecule has 0 atom stereocenters. The number of aromatic nitrogens is 2. The van der Waals surface area contributed by atoms with Crippen molar-refractivity contribution in [3.8, 4) is 5.75 Å². The zero-order valence-corrected chi connectivity index (χ0v) is 6.80. The predicted molar refractivity (Wildman–Crippen MR) is 42.6 cm³/mol. The number of carboxylic acids is 1. The molecule has 1 aromatic rings. The summed E-state index contributed by atoms with van der Waals surface area (Å²) in [5.74, 6) is -0.677. The van der Waals surface area contributed by atoms with Crippen LogP contribution in [0.3, 0.4) is 0 Å². The summed E-state index contributed by atoms with van der Waals surface area (Å²) >= 11 is 4.67. The predicted octanol–water partition coefficient (Wildman–Crippen LogP) is 0.603. The van der Waals surface area contributed by atoms with Crippen LogP contribution in [-0.2, 0) is 4.79 Å². The van der Waals surface area contributed by atoms with Gasteiger partial charge in [-0.2, -0.15) is 0 Å². The first kappa shape index (κ1) is 8.66. The zero-order valence-electron chi connectivity index (χ0n) is 5.98. The van der Waals surface area contributed by atoms with Crippen molar-refractivity contribution in [2.75, 3.05) is 6.61 Å². The second-order valence-electron chi connectivity index (χ2n) is 1.94. The molecule has 0 amide bonds. The third-order valence-electron chi connectivity index (χ3n) is 1.01. The summed E-state index contributed by atoms with van der Waals surface area (Å²) in [5, 5.41) is 8.25. The minimum Gasteiger partial charge on any atom is -0.479 e. The highest BCUT2D eigenvalue weighted by atomic mass is 32.1. The van der Waals surface area contributed by atoms with E-state index in [0.29, 0.717) is 10.5 Å². The Balaban J connectivity index is 2.59. The molecule has 0 aliphatic heterocycles. The number of nitrogens with zero attached hydrogens (tertiary/aromatic N) is 1. The summed E-state index contributed by atoms with van der Waals surface area (Å²) in [5.41, 5.74) is 0.